The number of piperazine rings is 1. The molecule has 0 aliphatic carbocycles. The van der Waals surface area contributed by atoms with E-state index in [1.807, 2.05) is 25.7 Å². The maximum atomic E-state index is 13.3. The van der Waals surface area contributed by atoms with Crippen LogP contribution in [0.15, 0.2) is 18.2 Å². The first-order valence-electron chi connectivity index (χ1n) is 7.07. The van der Waals surface area contributed by atoms with E-state index in [9.17, 15) is 13.2 Å². The molecule has 21 heavy (non-hydrogen) atoms. The highest BCUT2D eigenvalue weighted by Gasteiger charge is 2.38. The van der Waals surface area contributed by atoms with Gasteiger partial charge in [-0.2, -0.15) is 13.2 Å². The second kappa shape index (κ2) is 6.05. The van der Waals surface area contributed by atoms with Gasteiger partial charge >= 0.3 is 6.18 Å². The predicted molar refractivity (Wildman–Crippen MR) is 79.9 cm³/mol. The Morgan fingerprint density at radius 1 is 1.33 bits per heavy atom. The largest absolute Gasteiger partial charge is 0.418 e. The van der Waals surface area contributed by atoms with Gasteiger partial charge in [0.1, 0.15) is 0 Å². The van der Waals surface area contributed by atoms with Gasteiger partial charge in [-0.05, 0) is 31.0 Å². The van der Waals surface area contributed by atoms with E-state index < -0.39 is 11.7 Å². The Bertz CT molecular complexity index is 502. The van der Waals surface area contributed by atoms with Gasteiger partial charge < -0.3 is 10.2 Å². The lowest BCUT2D eigenvalue weighted by Gasteiger charge is -2.44. The smallest absolute Gasteiger partial charge is 0.365 e. The van der Waals surface area contributed by atoms with Crippen molar-refractivity contribution in [3.8, 4) is 0 Å². The van der Waals surface area contributed by atoms with Gasteiger partial charge in [-0.15, -0.1) is 0 Å². The molecule has 0 bridgehead atoms. The van der Waals surface area contributed by atoms with Crippen molar-refractivity contribution in [2.75, 3.05) is 18.0 Å². The summed E-state index contributed by atoms with van der Waals surface area (Å²) >= 11 is 5.76. The Kier molecular flexibility index (Phi) is 4.73. The lowest BCUT2D eigenvalue weighted by atomic mass is 9.96. The van der Waals surface area contributed by atoms with Gasteiger partial charge in [-0.1, -0.05) is 25.4 Å². The molecule has 1 aliphatic rings. The van der Waals surface area contributed by atoms with Gasteiger partial charge in [0.05, 0.1) is 5.56 Å². The van der Waals surface area contributed by atoms with E-state index in [-0.39, 0.29) is 28.7 Å². The van der Waals surface area contributed by atoms with Crippen LogP contribution < -0.4 is 10.2 Å². The fourth-order valence-corrected chi connectivity index (χ4v) is 2.96. The maximum Gasteiger partial charge on any atom is 0.418 e. The molecule has 6 heteroatoms. The average Bonchev–Trinajstić information content (AvgIpc) is 2.37. The average molecular weight is 321 g/mol. The van der Waals surface area contributed by atoms with Crippen LogP contribution in [0.3, 0.4) is 0 Å². The van der Waals surface area contributed by atoms with Crippen molar-refractivity contribution in [1.82, 2.24) is 5.32 Å². The number of hydrogen-bond donors (Lipinski definition) is 1. The first kappa shape index (κ1) is 16.4. The molecule has 1 heterocycles. The SMILES string of the molecule is CC1CN(c2ccc(Cl)cc2C(F)(F)F)C(C(C)C)CN1. The number of hydrogen-bond acceptors (Lipinski definition) is 2. The van der Waals surface area contributed by atoms with Crippen LogP contribution in [0.1, 0.15) is 26.3 Å². The second-order valence-electron chi connectivity index (χ2n) is 5.93. The molecular formula is C15H20ClF3N2. The normalized spacial score (nSPS) is 23.7. The van der Waals surface area contributed by atoms with Crippen molar-refractivity contribution in [2.45, 2.75) is 39.0 Å². The molecule has 1 aliphatic heterocycles. The van der Waals surface area contributed by atoms with Crippen molar-refractivity contribution in [3.05, 3.63) is 28.8 Å². The fourth-order valence-electron chi connectivity index (χ4n) is 2.79. The van der Waals surface area contributed by atoms with Crippen molar-refractivity contribution < 1.29 is 13.2 Å². The van der Waals surface area contributed by atoms with E-state index in [1.165, 1.54) is 12.1 Å². The zero-order chi connectivity index (χ0) is 15.8. The van der Waals surface area contributed by atoms with Crippen LogP contribution in [0.4, 0.5) is 18.9 Å². The zero-order valence-electron chi connectivity index (χ0n) is 12.3. The predicted octanol–water partition coefficient (Wildman–Crippen LogP) is 4.18. The molecule has 2 atom stereocenters. The molecule has 0 amide bonds. The standard InChI is InChI=1S/C15H20ClF3N2/c1-9(2)14-7-20-10(3)8-21(14)13-5-4-11(16)6-12(13)15(17,18)19/h4-6,9-10,14,20H,7-8H2,1-3H3. The summed E-state index contributed by atoms with van der Waals surface area (Å²) in [7, 11) is 0. The molecule has 0 radical (unpaired) electrons. The Balaban J connectivity index is 2.47. The molecule has 2 rings (SSSR count). The minimum absolute atomic E-state index is 0.0310. The van der Waals surface area contributed by atoms with Crippen LogP contribution in [0.5, 0.6) is 0 Å². The molecule has 1 N–H and O–H groups in total. The summed E-state index contributed by atoms with van der Waals surface area (Å²) in [6.45, 7) is 7.26. The van der Waals surface area contributed by atoms with E-state index >= 15 is 0 Å². The Morgan fingerprint density at radius 3 is 2.57 bits per heavy atom. The van der Waals surface area contributed by atoms with Crippen molar-refractivity contribution >= 4 is 17.3 Å². The van der Waals surface area contributed by atoms with Crippen LogP contribution in [-0.4, -0.2) is 25.2 Å². The quantitative estimate of drug-likeness (QED) is 0.879. The van der Waals surface area contributed by atoms with Gasteiger partial charge in [0.25, 0.3) is 0 Å². The number of rotatable bonds is 2. The highest BCUT2D eigenvalue weighted by Crippen LogP contribution is 2.39. The number of benzene rings is 1. The van der Waals surface area contributed by atoms with Crippen LogP contribution in [-0.2, 0) is 6.18 Å². The third-order valence-corrected chi connectivity index (χ3v) is 4.12. The second-order valence-corrected chi connectivity index (χ2v) is 6.37. The molecule has 0 spiro atoms. The van der Waals surface area contributed by atoms with Crippen molar-refractivity contribution in [2.24, 2.45) is 5.92 Å². The van der Waals surface area contributed by atoms with Crippen LogP contribution >= 0.6 is 11.6 Å². The van der Waals surface area contributed by atoms with Gasteiger partial charge in [0.15, 0.2) is 0 Å². The Labute approximate surface area is 128 Å². The minimum Gasteiger partial charge on any atom is -0.365 e. The minimum atomic E-state index is -4.41. The number of nitrogens with one attached hydrogen (secondary N) is 1. The van der Waals surface area contributed by atoms with Crippen LogP contribution in [0.25, 0.3) is 0 Å². The highest BCUT2D eigenvalue weighted by atomic mass is 35.5. The summed E-state index contributed by atoms with van der Waals surface area (Å²) in [6.07, 6.45) is -4.41. The zero-order valence-corrected chi connectivity index (χ0v) is 13.1. The molecule has 1 saturated heterocycles. The van der Waals surface area contributed by atoms with E-state index in [4.69, 9.17) is 11.6 Å². The summed E-state index contributed by atoms with van der Waals surface area (Å²) in [4.78, 5) is 1.87. The molecule has 0 saturated carbocycles. The highest BCUT2D eigenvalue weighted by molar-refractivity contribution is 6.30. The van der Waals surface area contributed by atoms with Gasteiger partial charge in [-0.3, -0.25) is 0 Å². The lowest BCUT2D eigenvalue weighted by molar-refractivity contribution is -0.137. The van der Waals surface area contributed by atoms with E-state index in [2.05, 4.69) is 5.32 Å². The van der Waals surface area contributed by atoms with E-state index in [0.717, 1.165) is 6.07 Å². The summed E-state index contributed by atoms with van der Waals surface area (Å²) < 4.78 is 39.9. The molecule has 0 aromatic heterocycles. The van der Waals surface area contributed by atoms with Crippen molar-refractivity contribution in [3.63, 3.8) is 0 Å². The lowest BCUT2D eigenvalue weighted by Crippen LogP contribution is -2.58. The molecule has 1 fully saturated rings. The fraction of sp³-hybridized carbons (Fsp3) is 0.600. The first-order valence-corrected chi connectivity index (χ1v) is 7.44. The first-order chi connectivity index (χ1) is 9.70. The molecule has 1 aromatic carbocycles. The van der Waals surface area contributed by atoms with Gasteiger partial charge in [0, 0.05) is 35.9 Å². The number of alkyl halides is 3. The van der Waals surface area contributed by atoms with Crippen LogP contribution in [0.2, 0.25) is 5.02 Å². The summed E-state index contributed by atoms with van der Waals surface area (Å²) in [6, 6.07) is 4.20. The Morgan fingerprint density at radius 2 is 2.00 bits per heavy atom. The summed E-state index contributed by atoms with van der Waals surface area (Å²) in [5.74, 6) is 0.252. The molecule has 2 unspecified atom stereocenters. The summed E-state index contributed by atoms with van der Waals surface area (Å²) in [5, 5.41) is 3.44. The van der Waals surface area contributed by atoms with E-state index in [0.29, 0.717) is 13.1 Å². The van der Waals surface area contributed by atoms with Crippen LogP contribution in [0, 0.1) is 5.92 Å². The molecular weight excluding hydrogens is 301 g/mol. The Hall–Kier alpha value is -0.940. The molecule has 1 aromatic rings. The third-order valence-electron chi connectivity index (χ3n) is 3.89. The summed E-state index contributed by atoms with van der Waals surface area (Å²) in [5.41, 5.74) is -0.436. The van der Waals surface area contributed by atoms with Crippen molar-refractivity contribution in [1.29, 1.82) is 0 Å². The molecule has 118 valence electrons. The monoisotopic (exact) mass is 320 g/mol. The number of anilines is 1. The number of nitrogens with zero attached hydrogens (tertiary/aromatic N) is 1. The van der Waals surface area contributed by atoms with Gasteiger partial charge in [0.2, 0.25) is 0 Å². The third kappa shape index (κ3) is 3.64. The number of halogens is 4. The maximum absolute atomic E-state index is 13.3. The topological polar surface area (TPSA) is 15.3 Å². The molecule has 2 nitrogen and oxygen atoms in total. The van der Waals surface area contributed by atoms with E-state index in [1.54, 1.807) is 0 Å². The van der Waals surface area contributed by atoms with Gasteiger partial charge in [-0.25, -0.2) is 0 Å².